The number of methoxy groups -OCH3 is 1. The lowest BCUT2D eigenvalue weighted by atomic mass is 10.1. The summed E-state index contributed by atoms with van der Waals surface area (Å²) in [6.07, 6.45) is 0. The van der Waals surface area contributed by atoms with Crippen molar-refractivity contribution in [3.63, 3.8) is 0 Å². The number of esters is 1. The van der Waals surface area contributed by atoms with Crippen LogP contribution < -0.4 is 4.72 Å². The van der Waals surface area contributed by atoms with Crippen LogP contribution in [0.1, 0.15) is 21.5 Å². The Morgan fingerprint density at radius 3 is 2.39 bits per heavy atom. The van der Waals surface area contributed by atoms with Gasteiger partial charge in [0.25, 0.3) is 10.0 Å². The van der Waals surface area contributed by atoms with E-state index in [9.17, 15) is 13.2 Å². The molecule has 0 spiro atoms. The molecule has 0 bridgehead atoms. The van der Waals surface area contributed by atoms with E-state index in [1.807, 2.05) is 13.8 Å². The highest BCUT2D eigenvalue weighted by molar-refractivity contribution is 9.10. The Morgan fingerprint density at radius 1 is 1.09 bits per heavy atom. The quantitative estimate of drug-likeness (QED) is 0.798. The van der Waals surface area contributed by atoms with Crippen molar-refractivity contribution in [3.05, 3.63) is 57.6 Å². The molecule has 5 nitrogen and oxygen atoms in total. The van der Waals surface area contributed by atoms with Crippen molar-refractivity contribution in [1.29, 1.82) is 0 Å². The minimum atomic E-state index is -3.80. The molecule has 0 aliphatic heterocycles. The number of carbonyl (C=O) groups excluding carboxylic acids is 1. The van der Waals surface area contributed by atoms with Crippen LogP contribution in [0.25, 0.3) is 0 Å². The zero-order valence-corrected chi connectivity index (χ0v) is 15.3. The predicted octanol–water partition coefficient (Wildman–Crippen LogP) is 3.65. The molecule has 0 atom stereocenters. The van der Waals surface area contributed by atoms with Gasteiger partial charge in [-0.25, -0.2) is 13.2 Å². The van der Waals surface area contributed by atoms with Crippen LogP contribution in [0.15, 0.2) is 45.8 Å². The second kappa shape index (κ2) is 6.72. The Bertz CT molecular complexity index is 862. The highest BCUT2D eigenvalue weighted by Crippen LogP contribution is 2.25. The normalized spacial score (nSPS) is 11.1. The zero-order chi connectivity index (χ0) is 17.2. The van der Waals surface area contributed by atoms with Crippen LogP contribution >= 0.6 is 15.9 Å². The number of hydrogen-bond acceptors (Lipinski definition) is 4. The van der Waals surface area contributed by atoms with E-state index in [2.05, 4.69) is 20.7 Å². The smallest absolute Gasteiger partial charge is 0.340 e. The molecule has 0 aromatic heterocycles. The Labute approximate surface area is 143 Å². The lowest BCUT2D eigenvalue weighted by molar-refractivity contribution is 0.0602. The summed E-state index contributed by atoms with van der Waals surface area (Å²) < 4.78 is 32.9. The highest BCUT2D eigenvalue weighted by Gasteiger charge is 2.20. The summed E-state index contributed by atoms with van der Waals surface area (Å²) in [7, 11) is -2.56. The monoisotopic (exact) mass is 397 g/mol. The molecule has 2 aromatic rings. The van der Waals surface area contributed by atoms with Crippen LogP contribution in [0.2, 0.25) is 0 Å². The topological polar surface area (TPSA) is 72.5 Å². The third kappa shape index (κ3) is 3.92. The van der Waals surface area contributed by atoms with E-state index in [1.54, 1.807) is 18.2 Å². The average molecular weight is 398 g/mol. The van der Waals surface area contributed by atoms with Gasteiger partial charge in [-0.2, -0.15) is 0 Å². The number of aryl methyl sites for hydroxylation is 2. The van der Waals surface area contributed by atoms with E-state index >= 15 is 0 Å². The van der Waals surface area contributed by atoms with E-state index in [-0.39, 0.29) is 16.1 Å². The fraction of sp³-hybridized carbons (Fsp3) is 0.188. The molecule has 122 valence electrons. The van der Waals surface area contributed by atoms with E-state index in [0.717, 1.165) is 11.1 Å². The van der Waals surface area contributed by atoms with Crippen molar-refractivity contribution in [2.24, 2.45) is 0 Å². The highest BCUT2D eigenvalue weighted by atomic mass is 79.9. The van der Waals surface area contributed by atoms with Gasteiger partial charge in [0.2, 0.25) is 0 Å². The molecule has 0 radical (unpaired) electrons. The van der Waals surface area contributed by atoms with E-state index in [4.69, 9.17) is 4.74 Å². The lowest BCUT2D eigenvalue weighted by Crippen LogP contribution is -2.16. The fourth-order valence-electron chi connectivity index (χ4n) is 1.97. The second-order valence-corrected chi connectivity index (χ2v) is 7.63. The predicted molar refractivity (Wildman–Crippen MR) is 92.2 cm³/mol. The Kier molecular flexibility index (Phi) is 5.11. The van der Waals surface area contributed by atoms with Gasteiger partial charge in [0.15, 0.2) is 0 Å². The van der Waals surface area contributed by atoms with Gasteiger partial charge in [0.05, 0.1) is 23.3 Å². The van der Waals surface area contributed by atoms with Gasteiger partial charge in [-0.05, 0) is 55.3 Å². The van der Waals surface area contributed by atoms with Crippen LogP contribution in [0.4, 0.5) is 5.69 Å². The van der Waals surface area contributed by atoms with Gasteiger partial charge < -0.3 is 4.74 Å². The van der Waals surface area contributed by atoms with Crippen LogP contribution in [0.5, 0.6) is 0 Å². The van der Waals surface area contributed by atoms with Gasteiger partial charge in [-0.15, -0.1) is 0 Å². The van der Waals surface area contributed by atoms with Crippen molar-refractivity contribution in [1.82, 2.24) is 0 Å². The van der Waals surface area contributed by atoms with Gasteiger partial charge >= 0.3 is 5.97 Å². The number of ether oxygens (including phenoxy) is 1. The molecule has 23 heavy (non-hydrogen) atoms. The molecular formula is C16H16BrNO4S. The van der Waals surface area contributed by atoms with Gasteiger partial charge in [0, 0.05) is 4.47 Å². The Balaban J connectivity index is 2.45. The van der Waals surface area contributed by atoms with E-state index in [1.165, 1.54) is 25.3 Å². The van der Waals surface area contributed by atoms with Crippen molar-refractivity contribution < 1.29 is 17.9 Å². The second-order valence-electron chi connectivity index (χ2n) is 5.03. The number of anilines is 1. The first-order valence-electron chi connectivity index (χ1n) is 6.72. The molecule has 1 N–H and O–H groups in total. The minimum absolute atomic E-state index is 0.134. The van der Waals surface area contributed by atoms with Crippen LogP contribution in [-0.2, 0) is 14.8 Å². The summed E-state index contributed by atoms with van der Waals surface area (Å²) in [5, 5.41) is 0. The molecular weight excluding hydrogens is 382 g/mol. The third-order valence-corrected chi connectivity index (χ3v) is 5.28. The van der Waals surface area contributed by atoms with Gasteiger partial charge in [0.1, 0.15) is 0 Å². The number of halogens is 1. The Morgan fingerprint density at radius 2 is 1.78 bits per heavy atom. The molecule has 0 fully saturated rings. The van der Waals surface area contributed by atoms with Crippen molar-refractivity contribution in [3.8, 4) is 0 Å². The van der Waals surface area contributed by atoms with Crippen LogP contribution in [0.3, 0.4) is 0 Å². The van der Waals surface area contributed by atoms with E-state index in [0.29, 0.717) is 4.47 Å². The SMILES string of the molecule is COC(=O)c1cc(Br)ccc1NS(=O)(=O)c1ccc(C)c(C)c1. The number of hydrogen-bond donors (Lipinski definition) is 1. The van der Waals surface area contributed by atoms with Crippen molar-refractivity contribution in [2.75, 3.05) is 11.8 Å². The standard InChI is InChI=1S/C16H16BrNO4S/c1-10-4-6-13(8-11(10)2)23(20,21)18-15-7-5-12(17)9-14(15)16(19)22-3/h4-9,18H,1-3H3. The average Bonchev–Trinajstić information content (AvgIpc) is 2.50. The molecule has 0 saturated heterocycles. The summed E-state index contributed by atoms with van der Waals surface area (Å²) >= 11 is 3.25. The summed E-state index contributed by atoms with van der Waals surface area (Å²) in [5.41, 5.74) is 2.17. The van der Waals surface area contributed by atoms with Crippen molar-refractivity contribution >= 4 is 37.6 Å². The number of nitrogens with one attached hydrogen (secondary N) is 1. The maximum atomic E-state index is 12.5. The molecule has 0 unspecified atom stereocenters. The fourth-order valence-corrected chi connectivity index (χ4v) is 3.49. The van der Waals surface area contributed by atoms with Gasteiger partial charge in [-0.3, -0.25) is 4.72 Å². The van der Waals surface area contributed by atoms with Crippen molar-refractivity contribution in [2.45, 2.75) is 18.7 Å². The molecule has 2 rings (SSSR count). The largest absolute Gasteiger partial charge is 0.465 e. The van der Waals surface area contributed by atoms with Crippen LogP contribution in [-0.4, -0.2) is 21.5 Å². The maximum absolute atomic E-state index is 12.5. The molecule has 0 amide bonds. The maximum Gasteiger partial charge on any atom is 0.340 e. The lowest BCUT2D eigenvalue weighted by Gasteiger charge is -2.13. The first-order valence-corrected chi connectivity index (χ1v) is 9.00. The summed E-state index contributed by atoms with van der Waals surface area (Å²) in [5.74, 6) is -0.621. The summed E-state index contributed by atoms with van der Waals surface area (Å²) in [6, 6.07) is 9.52. The Hall–Kier alpha value is -1.86. The molecule has 2 aromatic carbocycles. The van der Waals surface area contributed by atoms with Crippen LogP contribution in [0, 0.1) is 13.8 Å². The third-order valence-electron chi connectivity index (χ3n) is 3.42. The molecule has 0 aliphatic carbocycles. The van der Waals surface area contributed by atoms with E-state index < -0.39 is 16.0 Å². The first-order chi connectivity index (χ1) is 10.7. The number of rotatable bonds is 4. The molecule has 0 aliphatic rings. The van der Waals surface area contributed by atoms with Gasteiger partial charge in [-0.1, -0.05) is 22.0 Å². The summed E-state index contributed by atoms with van der Waals surface area (Å²) in [4.78, 5) is 12.0. The zero-order valence-electron chi connectivity index (χ0n) is 12.9. The number of sulfonamides is 1. The molecule has 0 saturated carbocycles. The minimum Gasteiger partial charge on any atom is -0.465 e. The molecule has 7 heteroatoms. The summed E-state index contributed by atoms with van der Waals surface area (Å²) in [6.45, 7) is 3.75. The number of benzene rings is 2. The number of carbonyl (C=O) groups is 1. The first kappa shape index (κ1) is 17.5. The molecule has 0 heterocycles.